The first-order valence-electron chi connectivity index (χ1n) is 10.5. The molecule has 2 aromatic carbocycles. The van der Waals surface area contributed by atoms with Gasteiger partial charge in [-0.2, -0.15) is 0 Å². The average Bonchev–Trinajstić information content (AvgIpc) is 2.79. The predicted molar refractivity (Wildman–Crippen MR) is 129 cm³/mol. The van der Waals surface area contributed by atoms with Gasteiger partial charge in [0.1, 0.15) is 11.8 Å². The molecule has 0 bridgehead atoms. The Kier molecular flexibility index (Phi) is 10.7. The van der Waals surface area contributed by atoms with E-state index in [1.165, 1.54) is 11.8 Å². The molecule has 0 aliphatic rings. The van der Waals surface area contributed by atoms with Crippen molar-refractivity contribution >= 4 is 35.2 Å². The normalized spacial score (nSPS) is 11.6. The van der Waals surface area contributed by atoms with Crippen LogP contribution in [0.25, 0.3) is 0 Å². The van der Waals surface area contributed by atoms with Crippen molar-refractivity contribution in [1.82, 2.24) is 10.2 Å². The minimum atomic E-state index is -0.512. The lowest BCUT2D eigenvalue weighted by Crippen LogP contribution is -2.49. The molecule has 1 N–H and O–H groups in total. The highest BCUT2D eigenvalue weighted by Crippen LogP contribution is 2.22. The third-order valence-electron chi connectivity index (χ3n) is 4.89. The number of carbonyl (C=O) groups excluding carboxylic acids is 2. The van der Waals surface area contributed by atoms with Crippen molar-refractivity contribution in [1.29, 1.82) is 0 Å². The molecular formula is C24H31ClN2O3S. The van der Waals surface area contributed by atoms with Gasteiger partial charge in [-0.3, -0.25) is 9.59 Å². The highest BCUT2D eigenvalue weighted by Gasteiger charge is 2.28. The average molecular weight is 463 g/mol. The summed E-state index contributed by atoms with van der Waals surface area (Å²) in [5, 5.41) is 3.63. The smallest absolute Gasteiger partial charge is 0.242 e. The van der Waals surface area contributed by atoms with Gasteiger partial charge in [0.15, 0.2) is 0 Å². The van der Waals surface area contributed by atoms with Crippen LogP contribution in [0.2, 0.25) is 5.02 Å². The van der Waals surface area contributed by atoms with E-state index in [-0.39, 0.29) is 17.6 Å². The number of methoxy groups -OCH3 is 1. The van der Waals surface area contributed by atoms with Crippen LogP contribution in [0.3, 0.4) is 0 Å². The number of ether oxygens (including phenoxy) is 1. The zero-order chi connectivity index (χ0) is 22.6. The predicted octanol–water partition coefficient (Wildman–Crippen LogP) is 4.92. The van der Waals surface area contributed by atoms with Gasteiger partial charge in [-0.05, 0) is 42.2 Å². The molecule has 0 aromatic heterocycles. The van der Waals surface area contributed by atoms with Crippen LogP contribution in [0.15, 0.2) is 48.5 Å². The number of rotatable bonds is 12. The highest BCUT2D eigenvalue weighted by molar-refractivity contribution is 7.99. The SMILES string of the molecule is CCCNC(=O)C(CC)N(Cc1ccc(OC)cc1)C(=O)CSCc1ccccc1Cl. The van der Waals surface area contributed by atoms with E-state index >= 15 is 0 Å². The van der Waals surface area contributed by atoms with Gasteiger partial charge in [-0.25, -0.2) is 0 Å². The molecule has 0 saturated heterocycles. The Balaban J connectivity index is 2.12. The summed E-state index contributed by atoms with van der Waals surface area (Å²) in [5.41, 5.74) is 1.95. The van der Waals surface area contributed by atoms with E-state index < -0.39 is 6.04 Å². The van der Waals surface area contributed by atoms with Crippen LogP contribution in [-0.2, 0) is 21.9 Å². The van der Waals surface area contributed by atoms with E-state index in [4.69, 9.17) is 16.3 Å². The van der Waals surface area contributed by atoms with Gasteiger partial charge in [0.2, 0.25) is 11.8 Å². The van der Waals surface area contributed by atoms with Gasteiger partial charge in [0, 0.05) is 23.9 Å². The molecule has 0 saturated carbocycles. The Morgan fingerprint density at radius 2 is 1.84 bits per heavy atom. The number of hydrogen-bond donors (Lipinski definition) is 1. The Bertz CT molecular complexity index is 845. The van der Waals surface area contributed by atoms with Crippen LogP contribution < -0.4 is 10.1 Å². The summed E-state index contributed by atoms with van der Waals surface area (Å²) in [7, 11) is 1.62. The molecule has 2 aromatic rings. The number of thioether (sulfide) groups is 1. The van der Waals surface area contributed by atoms with Gasteiger partial charge < -0.3 is 15.0 Å². The molecule has 0 spiro atoms. The van der Waals surface area contributed by atoms with Crippen molar-refractivity contribution in [2.75, 3.05) is 19.4 Å². The molecule has 2 amide bonds. The van der Waals surface area contributed by atoms with Gasteiger partial charge in [-0.1, -0.05) is 55.8 Å². The maximum absolute atomic E-state index is 13.2. The summed E-state index contributed by atoms with van der Waals surface area (Å²) < 4.78 is 5.22. The second-order valence-corrected chi connectivity index (χ2v) is 8.56. The fourth-order valence-electron chi connectivity index (χ4n) is 3.16. The topological polar surface area (TPSA) is 58.6 Å². The van der Waals surface area contributed by atoms with Crippen molar-refractivity contribution < 1.29 is 14.3 Å². The Morgan fingerprint density at radius 1 is 1.13 bits per heavy atom. The maximum atomic E-state index is 13.2. The Morgan fingerprint density at radius 3 is 2.45 bits per heavy atom. The number of benzene rings is 2. The zero-order valence-electron chi connectivity index (χ0n) is 18.4. The molecule has 2 rings (SSSR count). The molecule has 1 atom stereocenters. The fourth-order valence-corrected chi connectivity index (χ4v) is 4.36. The molecule has 168 valence electrons. The van der Waals surface area contributed by atoms with E-state index in [0.29, 0.717) is 30.3 Å². The van der Waals surface area contributed by atoms with Crippen LogP contribution >= 0.6 is 23.4 Å². The summed E-state index contributed by atoms with van der Waals surface area (Å²) >= 11 is 7.73. The first-order valence-corrected chi connectivity index (χ1v) is 12.0. The van der Waals surface area contributed by atoms with Crippen LogP contribution in [0.1, 0.15) is 37.8 Å². The van der Waals surface area contributed by atoms with Crippen LogP contribution in [0, 0.1) is 0 Å². The summed E-state index contributed by atoms with van der Waals surface area (Å²) in [6.07, 6.45) is 1.40. The highest BCUT2D eigenvalue weighted by atomic mass is 35.5. The van der Waals surface area contributed by atoms with E-state index in [0.717, 1.165) is 23.3 Å². The quantitative estimate of drug-likeness (QED) is 0.486. The third kappa shape index (κ3) is 7.78. The second kappa shape index (κ2) is 13.3. The fraction of sp³-hybridized carbons (Fsp3) is 0.417. The summed E-state index contributed by atoms with van der Waals surface area (Å²) in [6, 6.07) is 14.7. The zero-order valence-corrected chi connectivity index (χ0v) is 20.0. The molecule has 7 heteroatoms. The van der Waals surface area contributed by atoms with Crippen molar-refractivity contribution in [3.63, 3.8) is 0 Å². The minimum Gasteiger partial charge on any atom is -0.497 e. The number of nitrogens with zero attached hydrogens (tertiary/aromatic N) is 1. The summed E-state index contributed by atoms with van der Waals surface area (Å²) in [4.78, 5) is 27.6. The molecule has 0 heterocycles. The number of amides is 2. The maximum Gasteiger partial charge on any atom is 0.242 e. The van der Waals surface area contributed by atoms with Crippen molar-refractivity contribution in [2.24, 2.45) is 0 Å². The number of hydrogen-bond acceptors (Lipinski definition) is 4. The van der Waals surface area contributed by atoms with E-state index in [1.54, 1.807) is 12.0 Å². The molecule has 0 fully saturated rings. The summed E-state index contributed by atoms with van der Waals surface area (Å²) in [6.45, 7) is 4.91. The molecule has 31 heavy (non-hydrogen) atoms. The molecule has 0 radical (unpaired) electrons. The first-order chi connectivity index (χ1) is 15.0. The lowest BCUT2D eigenvalue weighted by Gasteiger charge is -2.30. The van der Waals surface area contributed by atoms with Crippen LogP contribution in [0.4, 0.5) is 0 Å². The second-order valence-electron chi connectivity index (χ2n) is 7.17. The van der Waals surface area contributed by atoms with Gasteiger partial charge in [0.25, 0.3) is 0 Å². The Labute approximate surface area is 194 Å². The summed E-state index contributed by atoms with van der Waals surface area (Å²) in [5.74, 6) is 1.50. The van der Waals surface area contributed by atoms with E-state index in [2.05, 4.69) is 5.32 Å². The standard InChI is InChI=1S/C24H31ClN2O3S/c1-4-14-26-24(29)22(5-2)27(15-18-10-12-20(30-3)13-11-18)23(28)17-31-16-19-8-6-7-9-21(19)25/h6-13,22H,4-5,14-17H2,1-3H3,(H,26,29). The van der Waals surface area contributed by atoms with Gasteiger partial charge in [0.05, 0.1) is 12.9 Å². The van der Waals surface area contributed by atoms with Crippen molar-refractivity contribution in [3.8, 4) is 5.75 Å². The minimum absolute atomic E-state index is 0.0635. The van der Waals surface area contributed by atoms with E-state index in [1.807, 2.05) is 62.4 Å². The van der Waals surface area contributed by atoms with Crippen LogP contribution in [0.5, 0.6) is 5.75 Å². The molecule has 5 nitrogen and oxygen atoms in total. The molecule has 0 aliphatic carbocycles. The molecule has 1 unspecified atom stereocenters. The lowest BCUT2D eigenvalue weighted by atomic mass is 10.1. The van der Waals surface area contributed by atoms with Gasteiger partial charge >= 0.3 is 0 Å². The van der Waals surface area contributed by atoms with E-state index in [9.17, 15) is 9.59 Å². The molecule has 0 aliphatic heterocycles. The number of halogens is 1. The largest absolute Gasteiger partial charge is 0.497 e. The van der Waals surface area contributed by atoms with Gasteiger partial charge in [-0.15, -0.1) is 11.8 Å². The van der Waals surface area contributed by atoms with Crippen LogP contribution in [-0.4, -0.2) is 42.2 Å². The lowest BCUT2D eigenvalue weighted by molar-refractivity contribution is -0.139. The third-order valence-corrected chi connectivity index (χ3v) is 6.22. The monoisotopic (exact) mass is 462 g/mol. The number of nitrogens with one attached hydrogen (secondary N) is 1. The van der Waals surface area contributed by atoms with Crippen molar-refractivity contribution in [2.45, 2.75) is 45.0 Å². The Hall–Kier alpha value is -2.18. The molecular weight excluding hydrogens is 432 g/mol. The first kappa shape index (κ1) is 25.1. The number of carbonyl (C=O) groups is 2. The van der Waals surface area contributed by atoms with Crippen molar-refractivity contribution in [3.05, 3.63) is 64.7 Å².